The van der Waals surface area contributed by atoms with Crippen molar-refractivity contribution in [2.45, 2.75) is 32.1 Å². The van der Waals surface area contributed by atoms with Gasteiger partial charge in [0.1, 0.15) is 32.0 Å². The number of unbranched alkanes of at least 4 members (excludes halogenated alkanes) is 1. The van der Waals surface area contributed by atoms with Gasteiger partial charge < -0.3 is 74.4 Å². The summed E-state index contributed by atoms with van der Waals surface area (Å²) >= 11 is 44.3. The number of carbonyl (C=O) groups is 11. The summed E-state index contributed by atoms with van der Waals surface area (Å²) in [6, 6.07) is 32.4. The molecule has 7 amide bonds. The normalized spacial score (nSPS) is 11.2. The molecule has 0 aliphatic heterocycles. The quantitative estimate of drug-likeness (QED) is 0.00484. The maximum atomic E-state index is 13.8. The number of benzene rings is 9. The zero-order chi connectivity index (χ0) is 104. The summed E-state index contributed by atoms with van der Waals surface area (Å²) in [6.45, 7) is -1.60. The van der Waals surface area contributed by atoms with E-state index in [1.54, 1.807) is 36.4 Å². The van der Waals surface area contributed by atoms with Crippen LogP contribution in [0.4, 0.5) is 28.4 Å². The fourth-order valence-corrected chi connectivity index (χ4v) is 28.5. The Morgan fingerprint density at radius 3 is 0.741 bits per heavy atom. The Morgan fingerprint density at radius 1 is 0.252 bits per heavy atom. The van der Waals surface area contributed by atoms with E-state index in [9.17, 15) is 105 Å². The minimum atomic E-state index is -4.73. The van der Waals surface area contributed by atoms with Crippen molar-refractivity contribution in [1.29, 1.82) is 0 Å². The molecule has 0 fully saturated rings. The highest BCUT2D eigenvalue weighted by atomic mass is 127. The van der Waals surface area contributed by atoms with Crippen LogP contribution >= 0.6 is 474 Å². The molecule has 59 heteroatoms. The molecule has 139 heavy (non-hydrogen) atoms. The summed E-state index contributed by atoms with van der Waals surface area (Å²) < 4.78 is 166. The molecule has 0 bridgehead atoms. The van der Waals surface area contributed by atoms with E-state index in [2.05, 4.69) is 476 Å². The third kappa shape index (κ3) is 46.0. The van der Waals surface area contributed by atoms with Gasteiger partial charge in [0.05, 0.1) is 119 Å². The first-order chi connectivity index (χ1) is 64.6. The van der Waals surface area contributed by atoms with Crippen molar-refractivity contribution in [3.8, 4) is 0 Å². The second kappa shape index (κ2) is 62.0. The molecular weight excluding hydrogens is 4280 g/mol. The van der Waals surface area contributed by atoms with Crippen LogP contribution in [0.1, 0.15) is 125 Å². The molecule has 0 radical (unpaired) electrons. The van der Waals surface area contributed by atoms with Crippen LogP contribution < -0.4 is 37.2 Å². The molecule has 0 aliphatic carbocycles. The fraction of sp³-hybridized carbons (Fsp3) is 0.188. The summed E-state index contributed by atoms with van der Waals surface area (Å²) in [5.41, 5.74) is 2.75. The van der Waals surface area contributed by atoms with Crippen LogP contribution in [0.5, 0.6) is 0 Å². The van der Waals surface area contributed by atoms with E-state index in [0.29, 0.717) is 64.3 Å². The van der Waals surface area contributed by atoms with Crippen LogP contribution in [0, 0.1) is 75.0 Å². The van der Waals surface area contributed by atoms with E-state index in [-0.39, 0.29) is 81.9 Å². The van der Waals surface area contributed by atoms with E-state index >= 15 is 0 Å². The standard InChI is InChI=1S/C30H16I9N3O8S.C23H14I6N2O7S.C14H16I3NO6S.C13H14I3NO6S/c31-11-3-15(24(37)18(34)6-11)27(43)40-14-9-21(41-28(44)16-4-12(32)7-19(35)25(16)38)23(30(46)50-1-2-51(47,48)49)22(10-14)42-29(45)17-5-13(33)8-20(36)26(17)39;24-11-5-15(19(28)17(26)7-11)21(32)30-13-3-10(23(34)38-1-2-39(35,36)37)4-14(9-13)31-22(33)16-6-12(25)8-18(27)20(16)29;15-9-7-10(13(17)11(16)8-9)14(20)18-4-2-1-3-12(19)24-5-6-25(21,22)23;14-8-6-9(12(16)10(15)7-8)13(19)17-3-1-2-11(18)23-4-5-24(20,21)22/h3-10H,1-2H2,(H,40,43)(H,41,44)(H,42,45)(H,47,48,49);3-9H,1-2H2,(H,30,32)(H,31,33)(H,35,36,37);7-8H,1-6H2,(H,18,20)(H,21,22,23);6-7H,1-5H2,(H,17,19)(H,20,21,22)/p-4. The Hall–Kier alpha value is 2.12. The fourth-order valence-electron chi connectivity index (χ4n) is 10.6. The van der Waals surface area contributed by atoms with Gasteiger partial charge in [-0.3, -0.25) is 43.2 Å². The number of amides is 7. The highest BCUT2D eigenvalue weighted by Crippen LogP contribution is 2.37. The van der Waals surface area contributed by atoms with Crippen LogP contribution in [0.15, 0.2) is 115 Å². The van der Waals surface area contributed by atoms with Crippen molar-refractivity contribution in [3.63, 3.8) is 0 Å². The van der Waals surface area contributed by atoms with Gasteiger partial charge >= 0.3 is 23.9 Å². The molecule has 9 aromatic rings. The van der Waals surface area contributed by atoms with Gasteiger partial charge in [-0.25, -0.2) is 43.3 Å². The summed E-state index contributed by atoms with van der Waals surface area (Å²) in [7, 11) is -18.1. The van der Waals surface area contributed by atoms with Gasteiger partial charge in [0, 0.05) is 118 Å². The molecule has 0 aromatic heterocycles. The van der Waals surface area contributed by atoms with E-state index in [1.165, 1.54) is 30.3 Å². The first-order valence-corrected chi connectivity index (χ1v) is 66.4. The van der Waals surface area contributed by atoms with Crippen molar-refractivity contribution >= 4 is 609 Å². The number of esters is 4. The van der Waals surface area contributed by atoms with Crippen LogP contribution in [0.2, 0.25) is 0 Å². The molecule has 0 spiro atoms. The van der Waals surface area contributed by atoms with Gasteiger partial charge in [-0.05, 0) is 609 Å². The van der Waals surface area contributed by atoms with E-state index in [4.69, 9.17) is 9.47 Å². The second-order valence-electron chi connectivity index (χ2n) is 27.1. The van der Waals surface area contributed by atoms with Gasteiger partial charge in [0.25, 0.3) is 41.4 Å². The number of anilines is 5. The molecule has 0 unspecified atom stereocenters. The number of nitrogens with one attached hydrogen (secondary N) is 7. The van der Waals surface area contributed by atoms with Gasteiger partial charge in [-0.15, -0.1) is 0 Å². The maximum Gasteiger partial charge on any atom is 0.342 e. The van der Waals surface area contributed by atoms with Crippen LogP contribution in [0.25, 0.3) is 0 Å². The summed E-state index contributed by atoms with van der Waals surface area (Å²) in [4.78, 5) is 141. The zero-order valence-electron chi connectivity index (χ0n) is 68.7. The topological polar surface area (TPSA) is 538 Å². The number of hydrogen-bond acceptors (Lipinski definition) is 27. The lowest BCUT2D eigenvalue weighted by Gasteiger charge is -2.19. The van der Waals surface area contributed by atoms with Crippen LogP contribution in [-0.2, 0) is 69.0 Å². The Labute approximate surface area is 1080 Å². The number of carbonyl (C=O) groups excluding carboxylic acids is 11. The summed E-state index contributed by atoms with van der Waals surface area (Å²) in [5.74, 6) is -9.54. The first kappa shape index (κ1) is 130. The molecule has 0 saturated heterocycles. The number of rotatable bonds is 35. The lowest BCUT2D eigenvalue weighted by atomic mass is 10.1. The molecular formula is C80H56I21N7O27S4-4. The van der Waals surface area contributed by atoms with Gasteiger partial charge in [0.2, 0.25) is 0 Å². The highest BCUT2D eigenvalue weighted by molar-refractivity contribution is 14.1. The van der Waals surface area contributed by atoms with Gasteiger partial charge in [0.15, 0.2) is 0 Å². The molecule has 0 heterocycles. The van der Waals surface area contributed by atoms with Crippen molar-refractivity contribution in [2.24, 2.45) is 0 Å². The molecule has 0 atom stereocenters. The molecule has 9 rings (SSSR count). The Bertz CT molecular complexity index is 6620. The smallest absolute Gasteiger partial charge is 0.342 e. The SMILES string of the molecule is O=C(CCCCNC(=O)c1cc(I)cc(I)c1I)OCCS(=O)(=O)[O-].O=C(CCCNC(=O)c1cc(I)cc(I)c1I)OCCS(=O)(=O)[O-].O=C(Nc1cc(NC(=O)c2cc(I)cc(I)c2I)c(C(=O)OCCS(=O)(=O)[O-])c(NC(=O)c2cc(I)cc(I)c2I)c1)c1cc(I)cc(I)c1I.O=C(OCCS(=O)(=O)[O-])c1cc(NC(=O)c2cc(I)cc(I)c2I)cc(NC(=O)c2cc(I)cc(I)c2I)c1. The molecule has 0 aliphatic rings. The van der Waals surface area contributed by atoms with E-state index < -0.39 is 143 Å². The number of hydrogen-bond donors (Lipinski definition) is 7. The van der Waals surface area contributed by atoms with E-state index in [1.807, 2.05) is 93.7 Å². The minimum Gasteiger partial charge on any atom is -0.748 e. The number of halogens is 21. The Kier molecular flexibility index (Phi) is 57.9. The summed E-state index contributed by atoms with van der Waals surface area (Å²) in [5, 5.41) is 19.3. The number of ether oxygens (including phenoxy) is 4. The lowest BCUT2D eigenvalue weighted by Crippen LogP contribution is -2.26. The molecule has 0 saturated carbocycles. The van der Waals surface area contributed by atoms with Crippen molar-refractivity contribution in [1.82, 2.24) is 10.6 Å². The third-order valence-corrected chi connectivity index (χ3v) is 45.0. The van der Waals surface area contributed by atoms with E-state index in [0.717, 1.165) is 64.3 Å². The molecule has 748 valence electrons. The summed E-state index contributed by atoms with van der Waals surface area (Å²) in [6.07, 6.45) is 1.56. The predicted octanol–water partition coefficient (Wildman–Crippen LogP) is 20.7. The predicted molar refractivity (Wildman–Crippen MR) is 693 cm³/mol. The van der Waals surface area contributed by atoms with Crippen molar-refractivity contribution < 1.29 is 124 Å². The molecule has 7 N–H and O–H groups in total. The van der Waals surface area contributed by atoms with Gasteiger partial charge in [-0.2, -0.15) is 0 Å². The largest absolute Gasteiger partial charge is 0.748 e. The van der Waals surface area contributed by atoms with Crippen LogP contribution in [0.3, 0.4) is 0 Å². The second-order valence-corrected chi connectivity index (χ2v) is 57.6. The molecule has 34 nitrogen and oxygen atoms in total. The van der Waals surface area contributed by atoms with Crippen LogP contribution in [-0.4, -0.2) is 180 Å². The first-order valence-electron chi connectivity index (χ1n) is 37.5. The monoisotopic (exact) mass is 4340 g/mol. The average Bonchev–Trinajstić information content (AvgIpc) is 0.756. The Morgan fingerprint density at radius 2 is 0.475 bits per heavy atom. The van der Waals surface area contributed by atoms with Gasteiger partial charge in [-0.1, -0.05) is 0 Å². The lowest BCUT2D eigenvalue weighted by molar-refractivity contribution is -0.144. The van der Waals surface area contributed by atoms with Crippen molar-refractivity contribution in [3.05, 3.63) is 240 Å². The third-order valence-electron chi connectivity index (χ3n) is 16.7. The maximum absolute atomic E-state index is 13.8. The minimum absolute atomic E-state index is 0.0279. The highest BCUT2D eigenvalue weighted by Gasteiger charge is 2.29. The molecule has 9 aromatic carbocycles. The Balaban J connectivity index is 0.000000299. The average molecular weight is 4340 g/mol. The zero-order valence-corrected chi connectivity index (χ0v) is 117. The van der Waals surface area contributed by atoms with Crippen molar-refractivity contribution in [2.75, 3.05) is 89.1 Å².